The van der Waals surface area contributed by atoms with E-state index in [1.807, 2.05) is 29.9 Å². The molecule has 0 radical (unpaired) electrons. The van der Waals surface area contributed by atoms with E-state index in [0.29, 0.717) is 11.1 Å². The molecule has 16 heavy (non-hydrogen) atoms. The zero-order valence-electron chi connectivity index (χ0n) is 9.31. The lowest BCUT2D eigenvalue weighted by Gasteiger charge is -2.13. The average molecular weight is 219 g/mol. The van der Waals surface area contributed by atoms with Crippen molar-refractivity contribution in [1.29, 1.82) is 0 Å². The molecule has 2 aromatic rings. The molecule has 0 saturated heterocycles. The molecule has 3 heteroatoms. The van der Waals surface area contributed by atoms with E-state index in [9.17, 15) is 9.50 Å². The van der Waals surface area contributed by atoms with E-state index in [4.69, 9.17) is 0 Å². The van der Waals surface area contributed by atoms with Gasteiger partial charge in [0.05, 0.1) is 5.69 Å². The molecule has 2 rings (SSSR count). The van der Waals surface area contributed by atoms with Gasteiger partial charge in [-0.15, -0.1) is 0 Å². The van der Waals surface area contributed by atoms with E-state index in [-0.39, 0.29) is 5.82 Å². The zero-order valence-corrected chi connectivity index (χ0v) is 9.31. The van der Waals surface area contributed by atoms with Gasteiger partial charge in [0.15, 0.2) is 0 Å². The molecule has 84 valence electrons. The van der Waals surface area contributed by atoms with Crippen LogP contribution in [-0.2, 0) is 7.05 Å². The van der Waals surface area contributed by atoms with Crippen LogP contribution in [0.5, 0.6) is 0 Å². The Kier molecular flexibility index (Phi) is 2.79. The number of hydrogen-bond donors (Lipinski definition) is 1. The Balaban J connectivity index is 2.38. The van der Waals surface area contributed by atoms with Gasteiger partial charge in [0.1, 0.15) is 11.9 Å². The molecule has 0 aliphatic carbocycles. The highest BCUT2D eigenvalue weighted by Gasteiger charge is 2.13. The number of aliphatic hydroxyl groups is 1. The van der Waals surface area contributed by atoms with Crippen LogP contribution in [0, 0.1) is 12.7 Å². The van der Waals surface area contributed by atoms with Gasteiger partial charge in [-0.2, -0.15) is 0 Å². The van der Waals surface area contributed by atoms with Crippen LogP contribution in [0.1, 0.15) is 22.9 Å². The summed E-state index contributed by atoms with van der Waals surface area (Å²) in [6.45, 7) is 1.69. The Morgan fingerprint density at radius 3 is 2.62 bits per heavy atom. The Labute approximate surface area is 94.0 Å². The molecule has 0 fully saturated rings. The summed E-state index contributed by atoms with van der Waals surface area (Å²) in [6.07, 6.45) is 1.16. The van der Waals surface area contributed by atoms with Crippen LogP contribution in [0.3, 0.4) is 0 Å². The third kappa shape index (κ3) is 1.86. The number of halogens is 1. The van der Waals surface area contributed by atoms with E-state index in [2.05, 4.69) is 0 Å². The summed E-state index contributed by atoms with van der Waals surface area (Å²) in [5, 5.41) is 10.1. The predicted molar refractivity (Wildman–Crippen MR) is 60.6 cm³/mol. The van der Waals surface area contributed by atoms with Crippen LogP contribution in [0.25, 0.3) is 0 Å². The largest absolute Gasteiger partial charge is 0.382 e. The van der Waals surface area contributed by atoms with Crippen molar-refractivity contribution in [2.24, 2.45) is 7.05 Å². The van der Waals surface area contributed by atoms with E-state index < -0.39 is 6.10 Å². The summed E-state index contributed by atoms with van der Waals surface area (Å²) < 4.78 is 14.9. The number of hydrogen-bond acceptors (Lipinski definition) is 1. The Morgan fingerprint density at radius 1 is 1.31 bits per heavy atom. The molecular weight excluding hydrogens is 205 g/mol. The first-order chi connectivity index (χ1) is 7.59. The van der Waals surface area contributed by atoms with Crippen molar-refractivity contribution in [3.05, 3.63) is 59.2 Å². The predicted octanol–water partition coefficient (Wildman–Crippen LogP) is 2.55. The second kappa shape index (κ2) is 4.10. The van der Waals surface area contributed by atoms with Crippen molar-refractivity contribution >= 4 is 0 Å². The monoisotopic (exact) mass is 219 g/mol. The maximum Gasteiger partial charge on any atom is 0.126 e. The molecule has 0 spiro atoms. The standard InChI is InChI=1S/C13H14FNO/c1-9-8-10(5-6-11(9)14)13(16)12-4-3-7-15(12)2/h3-8,13,16H,1-2H3. The minimum Gasteiger partial charge on any atom is -0.382 e. The third-order valence-corrected chi connectivity index (χ3v) is 2.76. The molecule has 0 aliphatic heterocycles. The van der Waals surface area contributed by atoms with Gasteiger partial charge in [0.2, 0.25) is 0 Å². The fourth-order valence-corrected chi connectivity index (χ4v) is 1.77. The van der Waals surface area contributed by atoms with Gasteiger partial charge in [-0.25, -0.2) is 4.39 Å². The number of aryl methyl sites for hydroxylation is 2. The van der Waals surface area contributed by atoms with Gasteiger partial charge >= 0.3 is 0 Å². The number of nitrogens with zero attached hydrogens (tertiary/aromatic N) is 1. The van der Waals surface area contributed by atoms with E-state index in [1.54, 1.807) is 19.1 Å². The fraction of sp³-hybridized carbons (Fsp3) is 0.231. The SMILES string of the molecule is Cc1cc(C(O)c2cccn2C)ccc1F. The average Bonchev–Trinajstić information content (AvgIpc) is 2.67. The molecule has 1 atom stereocenters. The first kappa shape index (κ1) is 10.9. The quantitative estimate of drug-likeness (QED) is 0.825. The molecule has 1 N–H and O–H groups in total. The topological polar surface area (TPSA) is 25.2 Å². The Hall–Kier alpha value is -1.61. The summed E-state index contributed by atoms with van der Waals surface area (Å²) >= 11 is 0. The van der Waals surface area contributed by atoms with Crippen molar-refractivity contribution in [1.82, 2.24) is 4.57 Å². The van der Waals surface area contributed by atoms with Crippen molar-refractivity contribution in [2.45, 2.75) is 13.0 Å². The Morgan fingerprint density at radius 2 is 2.06 bits per heavy atom. The van der Waals surface area contributed by atoms with E-state index in [1.165, 1.54) is 6.07 Å². The van der Waals surface area contributed by atoms with Gasteiger partial charge in [-0.3, -0.25) is 0 Å². The maximum atomic E-state index is 13.1. The second-order valence-electron chi connectivity index (χ2n) is 3.96. The molecule has 0 bridgehead atoms. The lowest BCUT2D eigenvalue weighted by atomic mass is 10.0. The second-order valence-corrected chi connectivity index (χ2v) is 3.96. The van der Waals surface area contributed by atoms with Crippen LogP contribution in [0.2, 0.25) is 0 Å². The van der Waals surface area contributed by atoms with Crippen LogP contribution in [0.4, 0.5) is 4.39 Å². The lowest BCUT2D eigenvalue weighted by Crippen LogP contribution is -2.05. The van der Waals surface area contributed by atoms with Gasteiger partial charge in [0, 0.05) is 13.2 Å². The molecule has 2 nitrogen and oxygen atoms in total. The van der Waals surface area contributed by atoms with Gasteiger partial charge in [0.25, 0.3) is 0 Å². The highest BCUT2D eigenvalue weighted by molar-refractivity contribution is 5.30. The number of benzene rings is 1. The highest BCUT2D eigenvalue weighted by atomic mass is 19.1. The zero-order chi connectivity index (χ0) is 11.7. The first-order valence-corrected chi connectivity index (χ1v) is 5.15. The lowest BCUT2D eigenvalue weighted by molar-refractivity contribution is 0.211. The molecule has 0 amide bonds. The van der Waals surface area contributed by atoms with Crippen molar-refractivity contribution < 1.29 is 9.50 Å². The molecular formula is C13H14FNO. The summed E-state index contributed by atoms with van der Waals surface area (Å²) in [4.78, 5) is 0. The van der Waals surface area contributed by atoms with Crippen LogP contribution in [0.15, 0.2) is 36.5 Å². The third-order valence-electron chi connectivity index (χ3n) is 2.76. The van der Waals surface area contributed by atoms with E-state index >= 15 is 0 Å². The van der Waals surface area contributed by atoms with Gasteiger partial charge in [-0.05, 0) is 36.2 Å². The van der Waals surface area contributed by atoms with Gasteiger partial charge in [-0.1, -0.05) is 12.1 Å². The minimum absolute atomic E-state index is 0.247. The van der Waals surface area contributed by atoms with Crippen LogP contribution < -0.4 is 0 Å². The molecule has 1 aromatic heterocycles. The van der Waals surface area contributed by atoms with Crippen molar-refractivity contribution in [3.63, 3.8) is 0 Å². The van der Waals surface area contributed by atoms with Gasteiger partial charge < -0.3 is 9.67 Å². The maximum absolute atomic E-state index is 13.1. The molecule has 0 aliphatic rings. The highest BCUT2D eigenvalue weighted by Crippen LogP contribution is 2.23. The summed E-state index contributed by atoms with van der Waals surface area (Å²) in [6, 6.07) is 8.39. The van der Waals surface area contributed by atoms with Crippen LogP contribution >= 0.6 is 0 Å². The molecule has 1 aromatic carbocycles. The fourth-order valence-electron chi connectivity index (χ4n) is 1.77. The molecule has 0 saturated carbocycles. The number of aromatic nitrogens is 1. The smallest absolute Gasteiger partial charge is 0.126 e. The number of aliphatic hydroxyl groups excluding tert-OH is 1. The van der Waals surface area contributed by atoms with Crippen LogP contribution in [-0.4, -0.2) is 9.67 Å². The summed E-state index contributed by atoms with van der Waals surface area (Å²) in [5.41, 5.74) is 2.05. The van der Waals surface area contributed by atoms with Crippen molar-refractivity contribution in [3.8, 4) is 0 Å². The Bertz CT molecular complexity index is 504. The number of rotatable bonds is 2. The molecule has 1 heterocycles. The van der Waals surface area contributed by atoms with E-state index in [0.717, 1.165) is 5.69 Å². The summed E-state index contributed by atoms with van der Waals surface area (Å²) in [7, 11) is 1.87. The first-order valence-electron chi connectivity index (χ1n) is 5.15. The summed E-state index contributed by atoms with van der Waals surface area (Å²) in [5.74, 6) is -0.247. The normalized spacial score (nSPS) is 12.8. The van der Waals surface area contributed by atoms with Crippen molar-refractivity contribution in [2.75, 3.05) is 0 Å². The minimum atomic E-state index is -0.709. The molecule has 1 unspecified atom stereocenters.